The number of anilines is 2. The first-order valence-corrected chi connectivity index (χ1v) is 28.1. The van der Waals surface area contributed by atoms with Crippen LogP contribution >= 0.6 is 0 Å². The van der Waals surface area contributed by atoms with Crippen molar-refractivity contribution in [3.8, 4) is 46.7 Å². The topological polar surface area (TPSA) is 206 Å². The van der Waals surface area contributed by atoms with E-state index < -0.39 is 41.0 Å². The summed E-state index contributed by atoms with van der Waals surface area (Å²) >= 11 is 0. The number of aliphatic hydroxyl groups is 1. The third-order valence-electron chi connectivity index (χ3n) is 18.6. The summed E-state index contributed by atoms with van der Waals surface area (Å²) in [5, 5.41) is 23.8. The van der Waals surface area contributed by atoms with Crippen molar-refractivity contribution in [2.75, 3.05) is 56.2 Å². The molecule has 83 heavy (non-hydrogen) atoms. The number of terminal acetylenes is 1. The van der Waals surface area contributed by atoms with Crippen LogP contribution in [-0.2, 0) is 50.7 Å². The van der Waals surface area contributed by atoms with Crippen molar-refractivity contribution < 1.29 is 52.0 Å². The summed E-state index contributed by atoms with van der Waals surface area (Å²) in [5.74, 6) is -0.327. The van der Waals surface area contributed by atoms with E-state index in [4.69, 9.17) is 30.6 Å². The minimum atomic E-state index is -1.95. The lowest BCUT2D eigenvalue weighted by molar-refractivity contribution is -0.172. The van der Waals surface area contributed by atoms with Crippen molar-refractivity contribution in [2.45, 2.75) is 107 Å². The van der Waals surface area contributed by atoms with E-state index in [0.717, 1.165) is 41.5 Å². The number of aromatic hydroxyl groups is 1. The lowest BCUT2D eigenvalue weighted by Gasteiger charge is -2.42. The number of hydrogen-bond donors (Lipinski definition) is 2. The van der Waals surface area contributed by atoms with E-state index in [9.17, 15) is 33.8 Å². The number of rotatable bonds is 10. The Bertz CT molecular complexity index is 4150. The van der Waals surface area contributed by atoms with E-state index in [1.54, 1.807) is 35.6 Å². The average molecular weight is 1130 g/mol. The fraction of sp³-hybridized carbons (Fsp3) is 0.387. The highest BCUT2D eigenvalue weighted by Crippen LogP contribution is 2.46. The van der Waals surface area contributed by atoms with Crippen molar-refractivity contribution in [1.82, 2.24) is 34.3 Å². The third-order valence-corrected chi connectivity index (χ3v) is 18.6. The molecule has 6 aliphatic heterocycles. The van der Waals surface area contributed by atoms with Gasteiger partial charge in [0.15, 0.2) is 11.4 Å². The summed E-state index contributed by atoms with van der Waals surface area (Å²) in [6, 6.07) is 9.77. The molecule has 4 fully saturated rings. The molecule has 18 nitrogen and oxygen atoms in total. The molecule has 10 heterocycles. The minimum Gasteiger partial charge on any atom is -0.508 e. The predicted octanol–water partition coefficient (Wildman–Crippen LogP) is 7.66. The van der Waals surface area contributed by atoms with Crippen LogP contribution in [0.2, 0.25) is 0 Å². The van der Waals surface area contributed by atoms with Crippen LogP contribution in [0.1, 0.15) is 85.3 Å². The number of halogens is 3. The van der Waals surface area contributed by atoms with Crippen LogP contribution in [-0.4, -0.2) is 133 Å². The molecule has 7 aromatic rings. The number of alkyl halides is 1. The molecule has 21 heteroatoms. The van der Waals surface area contributed by atoms with Crippen LogP contribution in [0, 0.1) is 24.0 Å². The number of amides is 2. The number of fused-ring (bicyclic) bond motifs is 10. The molecule has 5 unspecified atom stereocenters. The number of aryl methyl sites for hydroxylation is 2. The Balaban J connectivity index is 0.710. The molecule has 0 saturated carbocycles. The average Bonchev–Trinajstić information content (AvgIpc) is 2.59. The maximum Gasteiger partial charge on any atom is 0.414 e. The number of cyclic esters (lactones) is 1. The highest BCUT2D eigenvalue weighted by Gasteiger charge is 2.50. The number of piperazine rings is 1. The van der Waals surface area contributed by atoms with E-state index in [0.29, 0.717) is 72.4 Å². The van der Waals surface area contributed by atoms with Gasteiger partial charge in [-0.3, -0.25) is 24.4 Å². The van der Waals surface area contributed by atoms with E-state index in [1.807, 2.05) is 11.0 Å². The number of esters is 1. The second kappa shape index (κ2) is 19.2. The van der Waals surface area contributed by atoms with Gasteiger partial charge < -0.3 is 38.8 Å². The van der Waals surface area contributed by atoms with Crippen molar-refractivity contribution >= 4 is 62.1 Å². The van der Waals surface area contributed by atoms with Gasteiger partial charge >= 0.3 is 18.1 Å². The largest absolute Gasteiger partial charge is 0.508 e. The Hall–Kier alpha value is -8.61. The number of nitrogens with zero attached hydrogens (tertiary/aromatic N) is 9. The number of aromatic nitrogens is 5. The molecule has 2 N–H and O–H groups in total. The third kappa shape index (κ3) is 7.99. The molecule has 4 saturated heterocycles. The Kier molecular flexibility index (Phi) is 12.2. The Morgan fingerprint density at radius 3 is 2.55 bits per heavy atom. The van der Waals surface area contributed by atoms with Gasteiger partial charge in [-0.05, 0) is 111 Å². The molecular formula is C62H56F3N9O9. The zero-order chi connectivity index (χ0) is 57.5. The SMILES string of the molecule is C#Cc1c(F)ccc2cc(O)cc(-c3ncc4c(N5CC6CCC(C5)N6C(=O)C(=C)COC(=O)N(C)c5ccc6nc7c(c8c6c5CCC8)Cn5c-7cc6c(c5=O)COC(=O)C6(O)CC)nc(OCC56CCCN5CC(F)C6)nc4c3F)c12. The smallest absolute Gasteiger partial charge is 0.414 e. The van der Waals surface area contributed by atoms with Gasteiger partial charge in [0.1, 0.15) is 54.6 Å². The summed E-state index contributed by atoms with van der Waals surface area (Å²) in [6.45, 7) is 7.00. The van der Waals surface area contributed by atoms with Gasteiger partial charge in [-0.25, -0.2) is 27.7 Å². The van der Waals surface area contributed by atoms with Gasteiger partial charge in [0.05, 0.1) is 63.3 Å². The molecule has 2 bridgehead atoms. The summed E-state index contributed by atoms with van der Waals surface area (Å²) in [7, 11) is 1.61. The first-order valence-electron chi connectivity index (χ1n) is 28.1. The minimum absolute atomic E-state index is 0.0297. The number of phenolic OH excluding ortho intramolecular Hbond substituents is 1. The molecule has 2 amide bonds. The monoisotopic (exact) mass is 1130 g/mol. The van der Waals surface area contributed by atoms with E-state index in [-0.39, 0.29) is 137 Å². The molecular weight excluding hydrogens is 1070 g/mol. The summed E-state index contributed by atoms with van der Waals surface area (Å²) in [4.78, 5) is 81.4. The fourth-order valence-electron chi connectivity index (χ4n) is 14.5. The first-order chi connectivity index (χ1) is 40.0. The van der Waals surface area contributed by atoms with E-state index >= 15 is 8.78 Å². The van der Waals surface area contributed by atoms with Crippen molar-refractivity contribution in [1.29, 1.82) is 0 Å². The molecule has 7 aliphatic rings. The normalized spacial score (nSPS) is 23.0. The number of phenols is 1. The quantitative estimate of drug-likeness (QED) is 0.0766. The Morgan fingerprint density at radius 2 is 1.77 bits per heavy atom. The molecule has 5 atom stereocenters. The number of ether oxygens (including phenoxy) is 3. The predicted molar refractivity (Wildman–Crippen MR) is 300 cm³/mol. The van der Waals surface area contributed by atoms with Crippen LogP contribution in [0.3, 0.4) is 0 Å². The van der Waals surface area contributed by atoms with Gasteiger partial charge in [0, 0.05) is 72.3 Å². The summed E-state index contributed by atoms with van der Waals surface area (Å²) in [6.07, 6.45) is 10.7. The van der Waals surface area contributed by atoms with Crippen LogP contribution in [0.4, 0.5) is 29.5 Å². The number of carbonyl (C=O) groups excluding carboxylic acids is 3. The molecule has 424 valence electrons. The van der Waals surface area contributed by atoms with Gasteiger partial charge in [0.25, 0.3) is 11.5 Å². The van der Waals surface area contributed by atoms with Gasteiger partial charge in [0.2, 0.25) is 0 Å². The summed E-state index contributed by atoms with van der Waals surface area (Å²) < 4.78 is 66.6. The highest BCUT2D eigenvalue weighted by atomic mass is 19.1. The maximum atomic E-state index is 17.4. The van der Waals surface area contributed by atoms with E-state index in [1.165, 1.54) is 35.4 Å². The van der Waals surface area contributed by atoms with E-state index in [2.05, 4.69) is 27.4 Å². The van der Waals surface area contributed by atoms with Gasteiger partial charge in [-0.1, -0.05) is 25.5 Å². The Morgan fingerprint density at radius 1 is 0.976 bits per heavy atom. The molecule has 0 spiro atoms. The van der Waals surface area contributed by atoms with Crippen LogP contribution in [0.15, 0.2) is 65.6 Å². The number of benzene rings is 3. The molecule has 0 radical (unpaired) electrons. The molecule has 4 aromatic heterocycles. The molecule has 14 rings (SSSR count). The second-order valence-corrected chi connectivity index (χ2v) is 23.1. The van der Waals surface area contributed by atoms with Crippen molar-refractivity contribution in [3.63, 3.8) is 0 Å². The zero-order valence-electron chi connectivity index (χ0n) is 45.6. The maximum absolute atomic E-state index is 17.4. The van der Waals surface area contributed by atoms with Gasteiger partial charge in [-0.2, -0.15) is 9.97 Å². The zero-order valence-corrected chi connectivity index (χ0v) is 45.6. The first kappa shape index (κ1) is 52.5. The van der Waals surface area contributed by atoms with Gasteiger partial charge in [-0.15, -0.1) is 6.42 Å². The number of carbonyl (C=O) groups is 3. The molecule has 1 aliphatic carbocycles. The highest BCUT2D eigenvalue weighted by molar-refractivity contribution is 6.04. The number of pyridine rings is 3. The van der Waals surface area contributed by atoms with Crippen LogP contribution in [0.5, 0.6) is 11.8 Å². The lowest BCUT2D eigenvalue weighted by atomic mass is 9.85. The van der Waals surface area contributed by atoms with Crippen LogP contribution < -0.4 is 20.1 Å². The fourth-order valence-corrected chi connectivity index (χ4v) is 14.5. The van der Waals surface area contributed by atoms with Crippen molar-refractivity contribution in [3.05, 3.63) is 116 Å². The molecule has 3 aromatic carbocycles. The lowest BCUT2D eigenvalue weighted by Crippen LogP contribution is -2.56. The van der Waals surface area contributed by atoms with Crippen LogP contribution in [0.25, 0.3) is 55.2 Å². The standard InChI is InChI=1S/C62H56F3N9O9/c1-5-37-45(64)14-11-32-19-36(75)20-40(49(32)37)53-51(65)54-41(23-66-53)55(69-59(68-54)83-30-61-17-8-18-72(61)24-33(63)22-61)71-25-34-12-13-35(26-71)74(34)56(76)31(3)28-82-60(79)70(4)47-16-15-46-50-38(9-7-10-39(47)50)42-27-73-48(52(42)67-46)21-44-43(57(73)77)29-81-58(78)62(44,80)6-2/h1,11,14-16,19-21,23,33-35,75,80H,3,6-10,12-13,17-18,22,24-30H2,2,4H3. The number of hydrogen-bond acceptors (Lipinski definition) is 15. The summed E-state index contributed by atoms with van der Waals surface area (Å²) in [5.41, 5.74) is 2.37. The van der Waals surface area contributed by atoms with Crippen molar-refractivity contribution in [2.24, 2.45) is 0 Å². The second-order valence-electron chi connectivity index (χ2n) is 23.1. The Labute approximate surface area is 473 Å².